The van der Waals surface area contributed by atoms with E-state index in [0.717, 1.165) is 28.5 Å². The molecule has 0 aliphatic heterocycles. The topological polar surface area (TPSA) is 85.5 Å². The van der Waals surface area contributed by atoms with Crippen LogP contribution in [-0.2, 0) is 0 Å². The summed E-state index contributed by atoms with van der Waals surface area (Å²) in [6.07, 6.45) is 10.0. The van der Waals surface area contributed by atoms with E-state index < -0.39 is 0 Å². The van der Waals surface area contributed by atoms with Gasteiger partial charge in [0.25, 0.3) is 0 Å². The van der Waals surface area contributed by atoms with Crippen LogP contribution in [0.15, 0.2) is 61.4 Å². The second-order valence-corrected chi connectivity index (χ2v) is 9.41. The number of rotatable bonds is 9. The van der Waals surface area contributed by atoms with Crippen molar-refractivity contribution in [3.8, 4) is 17.1 Å². The Bertz CT molecular complexity index is 1250. The van der Waals surface area contributed by atoms with Crippen molar-refractivity contribution in [3.63, 3.8) is 0 Å². The van der Waals surface area contributed by atoms with Gasteiger partial charge in [-0.15, -0.1) is 10.2 Å². The van der Waals surface area contributed by atoms with Gasteiger partial charge in [0, 0.05) is 41.3 Å². The summed E-state index contributed by atoms with van der Waals surface area (Å²) in [7, 11) is 1.93. The summed E-state index contributed by atoms with van der Waals surface area (Å²) in [5.74, 6) is 1.99. The van der Waals surface area contributed by atoms with Gasteiger partial charge in [-0.25, -0.2) is 4.98 Å². The summed E-state index contributed by atoms with van der Waals surface area (Å²) in [6.45, 7) is 6.62. The molecule has 1 saturated carbocycles. The molecule has 8 heteroatoms. The number of benzene rings is 1. The van der Waals surface area contributed by atoms with E-state index in [1.807, 2.05) is 38.0 Å². The number of hydrogen-bond donors (Lipinski definition) is 2. The fourth-order valence-corrected chi connectivity index (χ4v) is 4.10. The maximum Gasteiger partial charge on any atom is 0.164 e. The third-order valence-corrected chi connectivity index (χ3v) is 6.65. The smallest absolute Gasteiger partial charge is 0.164 e. The Kier molecular flexibility index (Phi) is 6.15. The first-order valence-electron chi connectivity index (χ1n) is 12.0. The predicted octanol–water partition coefficient (Wildman–Crippen LogP) is 4.95. The molecule has 1 aliphatic carbocycles. The SMILES string of the molecule is CNC(Nc1cccc(-c2nncn2[C@@H](C)C(C)C)c1)c1cc(-n2cnc(C3CC3)c2)ccn1. The van der Waals surface area contributed by atoms with Gasteiger partial charge in [0.15, 0.2) is 5.82 Å². The third-order valence-electron chi connectivity index (χ3n) is 6.65. The number of anilines is 1. The molecule has 1 fully saturated rings. The minimum absolute atomic E-state index is 0.158. The van der Waals surface area contributed by atoms with E-state index in [0.29, 0.717) is 17.9 Å². The molecule has 1 aliphatic rings. The van der Waals surface area contributed by atoms with Crippen LogP contribution >= 0.6 is 0 Å². The predicted molar refractivity (Wildman–Crippen MR) is 134 cm³/mol. The van der Waals surface area contributed by atoms with Gasteiger partial charge < -0.3 is 14.5 Å². The highest BCUT2D eigenvalue weighted by Gasteiger charge is 2.26. The molecule has 0 spiro atoms. The van der Waals surface area contributed by atoms with Gasteiger partial charge in [-0.3, -0.25) is 10.3 Å². The maximum absolute atomic E-state index is 4.63. The minimum Gasteiger partial charge on any atom is -0.365 e. The average Bonchev–Trinajstić information content (AvgIpc) is 3.38. The second-order valence-electron chi connectivity index (χ2n) is 9.41. The van der Waals surface area contributed by atoms with E-state index in [1.54, 1.807) is 0 Å². The fourth-order valence-electron chi connectivity index (χ4n) is 4.10. The molecule has 2 N–H and O–H groups in total. The zero-order chi connectivity index (χ0) is 23.7. The summed E-state index contributed by atoms with van der Waals surface area (Å²) in [5, 5.41) is 15.5. The molecule has 34 heavy (non-hydrogen) atoms. The van der Waals surface area contributed by atoms with Crippen molar-refractivity contribution >= 4 is 5.69 Å². The molecule has 5 rings (SSSR count). The van der Waals surface area contributed by atoms with E-state index in [1.165, 1.54) is 18.5 Å². The first-order chi connectivity index (χ1) is 16.5. The van der Waals surface area contributed by atoms with Crippen LogP contribution in [0.1, 0.15) is 63.1 Å². The molecule has 4 aromatic rings. The number of aromatic nitrogens is 6. The monoisotopic (exact) mass is 456 g/mol. The van der Waals surface area contributed by atoms with Crippen LogP contribution in [-0.4, -0.2) is 36.3 Å². The first-order valence-corrected chi connectivity index (χ1v) is 12.0. The van der Waals surface area contributed by atoms with Gasteiger partial charge in [0.1, 0.15) is 12.5 Å². The minimum atomic E-state index is -0.158. The lowest BCUT2D eigenvalue weighted by atomic mass is 10.1. The van der Waals surface area contributed by atoms with Gasteiger partial charge in [-0.05, 0) is 57.0 Å². The Morgan fingerprint density at radius 2 is 1.88 bits per heavy atom. The zero-order valence-electron chi connectivity index (χ0n) is 20.2. The quantitative estimate of drug-likeness (QED) is 0.347. The Morgan fingerprint density at radius 3 is 2.65 bits per heavy atom. The number of hydrogen-bond acceptors (Lipinski definition) is 6. The number of nitrogens with one attached hydrogen (secondary N) is 2. The molecular weight excluding hydrogens is 424 g/mol. The Morgan fingerprint density at radius 1 is 1.03 bits per heavy atom. The molecule has 3 aromatic heterocycles. The average molecular weight is 457 g/mol. The van der Waals surface area contributed by atoms with Crippen LogP contribution < -0.4 is 10.6 Å². The first kappa shape index (κ1) is 22.3. The van der Waals surface area contributed by atoms with Gasteiger partial charge in [-0.1, -0.05) is 26.0 Å². The summed E-state index contributed by atoms with van der Waals surface area (Å²) < 4.78 is 4.22. The molecule has 0 amide bonds. The van der Waals surface area contributed by atoms with Gasteiger partial charge in [0.2, 0.25) is 0 Å². The summed E-state index contributed by atoms with van der Waals surface area (Å²) >= 11 is 0. The van der Waals surface area contributed by atoms with Gasteiger partial charge >= 0.3 is 0 Å². The maximum atomic E-state index is 4.63. The van der Waals surface area contributed by atoms with Crippen LogP contribution in [0.5, 0.6) is 0 Å². The van der Waals surface area contributed by atoms with Crippen LogP contribution in [0, 0.1) is 5.92 Å². The standard InChI is InChI=1S/C26H32N8/c1-17(2)18(3)34-16-30-32-26(34)20-6-5-7-21(12-20)31-25(27-4)23-13-22(10-11-28-23)33-14-24(29-15-33)19-8-9-19/h5-7,10-19,25,27,31H,8-9H2,1-4H3/t18-,25?/m0/s1. The third kappa shape index (κ3) is 4.59. The van der Waals surface area contributed by atoms with Crippen molar-refractivity contribution in [3.05, 3.63) is 72.8 Å². The van der Waals surface area contributed by atoms with E-state index >= 15 is 0 Å². The van der Waals surface area contributed by atoms with E-state index in [-0.39, 0.29) is 6.17 Å². The Labute approximate surface area is 200 Å². The molecule has 8 nitrogen and oxygen atoms in total. The normalized spacial score (nSPS) is 15.4. The highest BCUT2D eigenvalue weighted by atomic mass is 15.3. The van der Waals surface area contributed by atoms with Crippen LogP contribution in [0.3, 0.4) is 0 Å². The zero-order valence-corrected chi connectivity index (χ0v) is 20.2. The van der Waals surface area contributed by atoms with Gasteiger partial charge in [-0.2, -0.15) is 0 Å². The highest BCUT2D eigenvalue weighted by Crippen LogP contribution is 2.39. The van der Waals surface area contributed by atoms with Crippen molar-refractivity contribution in [1.82, 2.24) is 34.6 Å². The molecule has 3 heterocycles. The Hall–Kier alpha value is -3.52. The molecule has 0 radical (unpaired) electrons. The van der Waals surface area contributed by atoms with Crippen LogP contribution in [0.2, 0.25) is 0 Å². The molecular formula is C26H32N8. The molecule has 2 atom stereocenters. The molecule has 1 aromatic carbocycles. The lowest BCUT2D eigenvalue weighted by Crippen LogP contribution is -2.25. The highest BCUT2D eigenvalue weighted by molar-refractivity contribution is 5.63. The van der Waals surface area contributed by atoms with Gasteiger partial charge in [0.05, 0.1) is 17.7 Å². The van der Waals surface area contributed by atoms with Crippen molar-refractivity contribution in [2.45, 2.75) is 51.7 Å². The summed E-state index contributed by atoms with van der Waals surface area (Å²) in [5.41, 5.74) is 5.14. The lowest BCUT2D eigenvalue weighted by Gasteiger charge is -2.21. The summed E-state index contributed by atoms with van der Waals surface area (Å²) in [4.78, 5) is 9.21. The second kappa shape index (κ2) is 9.38. The summed E-state index contributed by atoms with van der Waals surface area (Å²) in [6, 6.07) is 12.7. The van der Waals surface area contributed by atoms with E-state index in [2.05, 4.69) is 91.2 Å². The van der Waals surface area contributed by atoms with E-state index in [9.17, 15) is 0 Å². The lowest BCUT2D eigenvalue weighted by molar-refractivity contribution is 0.410. The van der Waals surface area contributed by atoms with Crippen molar-refractivity contribution in [1.29, 1.82) is 0 Å². The van der Waals surface area contributed by atoms with E-state index in [4.69, 9.17) is 0 Å². The van der Waals surface area contributed by atoms with Crippen molar-refractivity contribution in [2.24, 2.45) is 5.92 Å². The number of nitrogens with zero attached hydrogens (tertiary/aromatic N) is 6. The molecule has 0 bridgehead atoms. The molecule has 1 unspecified atom stereocenters. The number of pyridine rings is 1. The van der Waals surface area contributed by atoms with Crippen LogP contribution in [0.4, 0.5) is 5.69 Å². The molecule has 0 saturated heterocycles. The Balaban J connectivity index is 1.37. The van der Waals surface area contributed by atoms with Crippen molar-refractivity contribution < 1.29 is 0 Å². The fraction of sp³-hybridized carbons (Fsp3) is 0.385. The number of imidazole rings is 1. The van der Waals surface area contributed by atoms with Crippen LogP contribution in [0.25, 0.3) is 17.1 Å². The molecule has 176 valence electrons. The largest absolute Gasteiger partial charge is 0.365 e. The van der Waals surface area contributed by atoms with Crippen molar-refractivity contribution in [2.75, 3.05) is 12.4 Å².